The molecule has 0 aliphatic carbocycles. The van der Waals surface area contributed by atoms with Gasteiger partial charge in [-0.1, -0.05) is 6.92 Å². The molecule has 9 heteroatoms. The van der Waals surface area contributed by atoms with Crippen LogP contribution >= 0.6 is 0 Å². The lowest BCUT2D eigenvalue weighted by molar-refractivity contribution is 0.101. The second-order valence-electron chi connectivity index (χ2n) is 7.22. The quantitative estimate of drug-likeness (QED) is 0.496. The first-order chi connectivity index (χ1) is 15.0. The molecular formula is C22H21N7O2. The van der Waals surface area contributed by atoms with Gasteiger partial charge in [-0.05, 0) is 60.2 Å². The smallest absolute Gasteiger partial charge is 0.272 e. The third-order valence-electron chi connectivity index (χ3n) is 5.16. The first-order valence-corrected chi connectivity index (χ1v) is 9.86. The van der Waals surface area contributed by atoms with Gasteiger partial charge in [-0.2, -0.15) is 5.26 Å². The summed E-state index contributed by atoms with van der Waals surface area (Å²) in [6, 6.07) is 14.6. The number of hydrogen-bond acceptors (Lipinski definition) is 6. The largest absolute Gasteiger partial charge is 0.491 e. The molecular weight excluding hydrogens is 394 g/mol. The Hall–Kier alpha value is -4.19. The van der Waals surface area contributed by atoms with E-state index >= 15 is 0 Å². The molecule has 156 valence electrons. The summed E-state index contributed by atoms with van der Waals surface area (Å²) in [4.78, 5) is 13.1. The van der Waals surface area contributed by atoms with Crippen LogP contribution in [0.3, 0.4) is 0 Å². The molecule has 0 aliphatic rings. The summed E-state index contributed by atoms with van der Waals surface area (Å²) in [6.07, 6.45) is 1.02. The Balaban J connectivity index is 1.66. The minimum absolute atomic E-state index is 0.112. The molecule has 4 rings (SSSR count). The van der Waals surface area contributed by atoms with Gasteiger partial charge in [0, 0.05) is 24.1 Å². The molecule has 2 heterocycles. The van der Waals surface area contributed by atoms with E-state index in [1.165, 1.54) is 0 Å². The van der Waals surface area contributed by atoms with Gasteiger partial charge in [0.2, 0.25) is 0 Å². The number of rotatable bonds is 6. The number of hydrogen-bond donors (Lipinski definition) is 2. The van der Waals surface area contributed by atoms with Crippen LogP contribution in [0.15, 0.2) is 42.5 Å². The topological polar surface area (TPSA) is 122 Å². The number of carbonyl (C=O) groups excluding carboxylic acids is 1. The summed E-state index contributed by atoms with van der Waals surface area (Å²) < 4.78 is 7.74. The number of fused-ring (bicyclic) bond motifs is 1. The molecule has 0 saturated heterocycles. The standard InChI is InChI=1S/C22H21N7O2/c1-4-13(2)31-16-7-6-15-10-20(29(3)19(15)11-16)22(30)24-18-8-5-14(12-23)9-17(18)21-25-27-28-26-21/h5-11,13H,4H2,1-3H3,(H,24,30)(H,25,26,27,28). The number of anilines is 1. The fourth-order valence-corrected chi connectivity index (χ4v) is 3.30. The zero-order chi connectivity index (χ0) is 22.0. The Bertz CT molecular complexity index is 1290. The van der Waals surface area contributed by atoms with Crippen LogP contribution in [0, 0.1) is 11.3 Å². The Morgan fingerprint density at radius 2 is 2.13 bits per heavy atom. The summed E-state index contributed by atoms with van der Waals surface area (Å²) in [6.45, 7) is 4.09. The molecule has 31 heavy (non-hydrogen) atoms. The molecule has 1 unspecified atom stereocenters. The van der Waals surface area contributed by atoms with Crippen molar-refractivity contribution >= 4 is 22.5 Å². The minimum atomic E-state index is -0.290. The van der Waals surface area contributed by atoms with Crippen molar-refractivity contribution in [2.45, 2.75) is 26.4 Å². The van der Waals surface area contributed by atoms with Crippen LogP contribution in [-0.4, -0.2) is 37.2 Å². The molecule has 0 fully saturated rings. The number of aromatic amines is 1. The van der Waals surface area contributed by atoms with Crippen molar-refractivity contribution in [3.05, 3.63) is 53.7 Å². The van der Waals surface area contributed by atoms with E-state index in [9.17, 15) is 10.1 Å². The number of aryl methyl sites for hydroxylation is 1. The lowest BCUT2D eigenvalue weighted by Crippen LogP contribution is -2.16. The van der Waals surface area contributed by atoms with Crippen LogP contribution in [0.1, 0.15) is 36.3 Å². The highest BCUT2D eigenvalue weighted by atomic mass is 16.5. The predicted octanol–water partition coefficient (Wildman–Crippen LogP) is 3.66. The number of H-pyrrole nitrogens is 1. The molecule has 0 aliphatic heterocycles. The van der Waals surface area contributed by atoms with Crippen LogP contribution in [-0.2, 0) is 7.05 Å². The van der Waals surface area contributed by atoms with Crippen LogP contribution in [0.5, 0.6) is 5.75 Å². The summed E-state index contributed by atoms with van der Waals surface area (Å²) in [5.41, 5.74) is 2.84. The molecule has 0 radical (unpaired) electrons. The maximum absolute atomic E-state index is 13.1. The van der Waals surface area contributed by atoms with E-state index in [-0.39, 0.29) is 12.0 Å². The summed E-state index contributed by atoms with van der Waals surface area (Å²) in [5, 5.41) is 26.8. The van der Waals surface area contributed by atoms with Gasteiger partial charge >= 0.3 is 0 Å². The van der Waals surface area contributed by atoms with Crippen molar-refractivity contribution in [1.82, 2.24) is 25.2 Å². The molecule has 4 aromatic rings. The van der Waals surface area contributed by atoms with E-state index in [2.05, 4.69) is 38.9 Å². The van der Waals surface area contributed by atoms with Crippen molar-refractivity contribution in [2.75, 3.05) is 5.32 Å². The molecule has 2 N–H and O–H groups in total. The second kappa shape index (κ2) is 8.28. The van der Waals surface area contributed by atoms with E-state index < -0.39 is 0 Å². The number of aromatic nitrogens is 5. The number of ether oxygens (including phenoxy) is 1. The van der Waals surface area contributed by atoms with E-state index in [4.69, 9.17) is 4.74 Å². The van der Waals surface area contributed by atoms with Crippen LogP contribution in [0.2, 0.25) is 0 Å². The molecule has 0 spiro atoms. The summed E-state index contributed by atoms with van der Waals surface area (Å²) in [7, 11) is 1.84. The van der Waals surface area contributed by atoms with Crippen molar-refractivity contribution < 1.29 is 9.53 Å². The zero-order valence-corrected chi connectivity index (χ0v) is 17.4. The number of benzene rings is 2. The number of carbonyl (C=O) groups is 1. The SMILES string of the molecule is CCC(C)Oc1ccc2cc(C(=O)Nc3ccc(C#N)cc3-c3nnn[nH]3)n(C)c2c1. The van der Waals surface area contributed by atoms with Crippen molar-refractivity contribution in [2.24, 2.45) is 7.05 Å². The Morgan fingerprint density at radius 1 is 1.29 bits per heavy atom. The number of nitriles is 1. The number of amides is 1. The van der Waals surface area contributed by atoms with E-state index in [0.29, 0.717) is 28.3 Å². The van der Waals surface area contributed by atoms with E-state index in [1.54, 1.807) is 18.2 Å². The summed E-state index contributed by atoms with van der Waals surface area (Å²) in [5.74, 6) is 0.833. The highest BCUT2D eigenvalue weighted by Crippen LogP contribution is 2.28. The molecule has 1 atom stereocenters. The number of nitrogens with one attached hydrogen (secondary N) is 2. The molecule has 0 bridgehead atoms. The Kier molecular flexibility index (Phi) is 5.37. The monoisotopic (exact) mass is 415 g/mol. The minimum Gasteiger partial charge on any atom is -0.491 e. The maximum atomic E-state index is 13.1. The highest BCUT2D eigenvalue weighted by molar-refractivity contribution is 6.08. The highest BCUT2D eigenvalue weighted by Gasteiger charge is 2.18. The van der Waals surface area contributed by atoms with Crippen molar-refractivity contribution in [3.63, 3.8) is 0 Å². The van der Waals surface area contributed by atoms with Gasteiger partial charge in [0.15, 0.2) is 5.82 Å². The van der Waals surface area contributed by atoms with Gasteiger partial charge in [0.05, 0.1) is 28.9 Å². The second-order valence-corrected chi connectivity index (χ2v) is 7.22. The first-order valence-electron chi connectivity index (χ1n) is 9.86. The predicted molar refractivity (Wildman–Crippen MR) is 116 cm³/mol. The molecule has 2 aromatic carbocycles. The Labute approximate surface area is 178 Å². The normalized spacial score (nSPS) is 11.8. The van der Waals surface area contributed by atoms with Crippen LogP contribution in [0.4, 0.5) is 5.69 Å². The average molecular weight is 415 g/mol. The average Bonchev–Trinajstić information content (AvgIpc) is 3.42. The first kappa shape index (κ1) is 20.1. The lowest BCUT2D eigenvalue weighted by atomic mass is 10.1. The molecule has 2 aromatic heterocycles. The van der Waals surface area contributed by atoms with E-state index in [0.717, 1.165) is 23.1 Å². The maximum Gasteiger partial charge on any atom is 0.272 e. The zero-order valence-electron chi connectivity index (χ0n) is 17.4. The van der Waals surface area contributed by atoms with Crippen molar-refractivity contribution in [1.29, 1.82) is 5.26 Å². The van der Waals surface area contributed by atoms with Gasteiger partial charge in [-0.3, -0.25) is 4.79 Å². The Morgan fingerprint density at radius 3 is 2.84 bits per heavy atom. The van der Waals surface area contributed by atoms with Gasteiger partial charge in [0.1, 0.15) is 11.4 Å². The van der Waals surface area contributed by atoms with Gasteiger partial charge < -0.3 is 14.6 Å². The molecule has 9 nitrogen and oxygen atoms in total. The fourth-order valence-electron chi connectivity index (χ4n) is 3.30. The van der Waals surface area contributed by atoms with Crippen LogP contribution < -0.4 is 10.1 Å². The lowest BCUT2D eigenvalue weighted by Gasteiger charge is -2.13. The fraction of sp³-hybridized carbons (Fsp3) is 0.227. The van der Waals surface area contributed by atoms with Crippen molar-refractivity contribution in [3.8, 4) is 23.2 Å². The summed E-state index contributed by atoms with van der Waals surface area (Å²) >= 11 is 0. The third-order valence-corrected chi connectivity index (χ3v) is 5.16. The van der Waals surface area contributed by atoms with Gasteiger partial charge in [-0.25, -0.2) is 5.10 Å². The van der Waals surface area contributed by atoms with Crippen LogP contribution in [0.25, 0.3) is 22.3 Å². The van der Waals surface area contributed by atoms with E-state index in [1.807, 2.05) is 42.8 Å². The third kappa shape index (κ3) is 3.96. The number of tetrazole rings is 1. The van der Waals surface area contributed by atoms with Gasteiger partial charge in [0.25, 0.3) is 5.91 Å². The molecule has 0 saturated carbocycles. The van der Waals surface area contributed by atoms with Gasteiger partial charge in [-0.15, -0.1) is 5.10 Å². The number of nitrogens with zero attached hydrogens (tertiary/aromatic N) is 5. The molecule has 1 amide bonds.